The van der Waals surface area contributed by atoms with Crippen molar-refractivity contribution in [3.63, 3.8) is 0 Å². The highest BCUT2D eigenvalue weighted by Crippen LogP contribution is 2.31. The molecule has 3 aromatic rings. The van der Waals surface area contributed by atoms with Crippen molar-refractivity contribution >= 4 is 17.5 Å². The number of benzene rings is 1. The number of carboxylic acid groups (broad SMARTS) is 1. The Bertz CT molecular complexity index is 996. The van der Waals surface area contributed by atoms with Crippen LogP contribution in [0.1, 0.15) is 10.4 Å². The van der Waals surface area contributed by atoms with E-state index >= 15 is 0 Å². The van der Waals surface area contributed by atoms with E-state index in [2.05, 4.69) is 32.2 Å². The van der Waals surface area contributed by atoms with Gasteiger partial charge in [0, 0.05) is 44.5 Å². The fraction of sp³-hybridized carbons (Fsp3) is 0.318. The molecule has 8 nitrogen and oxygen atoms in total. The van der Waals surface area contributed by atoms with Crippen molar-refractivity contribution in [1.29, 1.82) is 0 Å². The molecule has 1 fully saturated rings. The van der Waals surface area contributed by atoms with Crippen LogP contribution in [0.25, 0.3) is 11.1 Å². The number of hydrogen-bond acceptors (Lipinski definition) is 6. The summed E-state index contributed by atoms with van der Waals surface area (Å²) in [7, 11) is 2.15. The summed E-state index contributed by atoms with van der Waals surface area (Å²) < 4.78 is 1.92. The van der Waals surface area contributed by atoms with Gasteiger partial charge < -0.3 is 15.3 Å². The standard InChI is InChI=1S/C22H26N6O2/c1-26-9-11-27(12-10-26)13-14-28-21(19(15-24-28)17-5-3-2-4-6-17)25-20-16-23-8-7-18(20)22(29)30/h2-8,15-16,25H,9-14H2,1H3,(H,29,30). The Labute approximate surface area is 175 Å². The molecule has 8 heteroatoms. The van der Waals surface area contributed by atoms with Crippen LogP contribution >= 0.6 is 0 Å². The first-order chi connectivity index (χ1) is 14.6. The predicted molar refractivity (Wildman–Crippen MR) is 116 cm³/mol. The molecule has 1 aliphatic heterocycles. The molecule has 2 N–H and O–H groups in total. The van der Waals surface area contributed by atoms with Crippen LogP contribution in [0.3, 0.4) is 0 Å². The van der Waals surface area contributed by atoms with Gasteiger partial charge in [-0.2, -0.15) is 5.10 Å². The Morgan fingerprint density at radius 1 is 1.07 bits per heavy atom. The molecular weight excluding hydrogens is 380 g/mol. The van der Waals surface area contributed by atoms with E-state index < -0.39 is 5.97 Å². The number of nitrogens with one attached hydrogen (secondary N) is 1. The maximum Gasteiger partial charge on any atom is 0.337 e. The van der Waals surface area contributed by atoms with Crippen LogP contribution < -0.4 is 5.32 Å². The van der Waals surface area contributed by atoms with E-state index in [0.717, 1.165) is 49.7 Å². The fourth-order valence-electron chi connectivity index (χ4n) is 3.63. The molecule has 1 aliphatic rings. The lowest BCUT2D eigenvalue weighted by molar-refractivity contribution is 0.0698. The minimum atomic E-state index is -0.996. The van der Waals surface area contributed by atoms with Crippen LogP contribution in [0, 0.1) is 0 Å². The summed E-state index contributed by atoms with van der Waals surface area (Å²) >= 11 is 0. The van der Waals surface area contributed by atoms with E-state index in [1.54, 1.807) is 0 Å². The molecule has 0 amide bonds. The second kappa shape index (κ2) is 9.06. The Balaban J connectivity index is 1.62. The van der Waals surface area contributed by atoms with Crippen molar-refractivity contribution < 1.29 is 9.90 Å². The second-order valence-electron chi connectivity index (χ2n) is 7.49. The van der Waals surface area contributed by atoms with Gasteiger partial charge in [0.05, 0.1) is 30.2 Å². The molecule has 1 aromatic carbocycles. The average molecular weight is 406 g/mol. The molecule has 156 valence electrons. The van der Waals surface area contributed by atoms with Crippen molar-refractivity contribution in [3.8, 4) is 11.1 Å². The largest absolute Gasteiger partial charge is 0.478 e. The average Bonchev–Trinajstić information content (AvgIpc) is 3.16. The normalized spacial score (nSPS) is 15.2. The lowest BCUT2D eigenvalue weighted by atomic mass is 10.1. The molecule has 0 saturated carbocycles. The van der Waals surface area contributed by atoms with Crippen LogP contribution in [-0.4, -0.2) is 75.4 Å². The molecule has 3 heterocycles. The van der Waals surface area contributed by atoms with E-state index in [1.807, 2.05) is 41.2 Å². The van der Waals surface area contributed by atoms with E-state index in [9.17, 15) is 9.90 Å². The summed E-state index contributed by atoms with van der Waals surface area (Å²) in [5, 5.41) is 17.5. The molecular formula is C22H26N6O2. The summed E-state index contributed by atoms with van der Waals surface area (Å²) in [4.78, 5) is 20.5. The number of anilines is 2. The first kappa shape index (κ1) is 20.1. The van der Waals surface area contributed by atoms with Crippen molar-refractivity contribution in [1.82, 2.24) is 24.6 Å². The zero-order valence-corrected chi connectivity index (χ0v) is 17.0. The van der Waals surface area contributed by atoms with Gasteiger partial charge in [0.2, 0.25) is 0 Å². The summed E-state index contributed by atoms with van der Waals surface area (Å²) in [6.07, 6.45) is 4.85. The number of piperazine rings is 1. The monoisotopic (exact) mass is 406 g/mol. The van der Waals surface area contributed by atoms with Gasteiger partial charge in [-0.05, 0) is 18.7 Å². The number of likely N-dealkylation sites (N-methyl/N-ethyl adjacent to an activating group) is 1. The molecule has 0 unspecified atom stereocenters. The highest BCUT2D eigenvalue weighted by Gasteiger charge is 2.18. The van der Waals surface area contributed by atoms with Gasteiger partial charge in [-0.3, -0.25) is 9.88 Å². The number of aromatic carboxylic acids is 1. The maximum atomic E-state index is 11.6. The zero-order chi connectivity index (χ0) is 20.9. The molecule has 30 heavy (non-hydrogen) atoms. The smallest absolute Gasteiger partial charge is 0.337 e. The Morgan fingerprint density at radius 2 is 1.83 bits per heavy atom. The summed E-state index contributed by atoms with van der Waals surface area (Å²) in [6.45, 7) is 5.81. The Morgan fingerprint density at radius 3 is 2.57 bits per heavy atom. The van der Waals surface area contributed by atoms with Crippen LogP contribution in [-0.2, 0) is 6.54 Å². The van der Waals surface area contributed by atoms with Gasteiger partial charge in [-0.1, -0.05) is 30.3 Å². The predicted octanol–water partition coefficient (Wildman–Crippen LogP) is 2.63. The number of pyridine rings is 1. The third-order valence-corrected chi connectivity index (χ3v) is 5.45. The number of carbonyl (C=O) groups is 1. The number of aromatic nitrogens is 3. The van der Waals surface area contributed by atoms with E-state index in [1.165, 1.54) is 18.5 Å². The molecule has 0 bridgehead atoms. The lowest BCUT2D eigenvalue weighted by Gasteiger charge is -2.32. The summed E-state index contributed by atoms with van der Waals surface area (Å²) in [5.74, 6) is -0.226. The van der Waals surface area contributed by atoms with Gasteiger partial charge in [0.15, 0.2) is 0 Å². The highest BCUT2D eigenvalue weighted by molar-refractivity contribution is 5.95. The molecule has 2 aromatic heterocycles. The topological polar surface area (TPSA) is 86.5 Å². The zero-order valence-electron chi connectivity index (χ0n) is 17.0. The second-order valence-corrected chi connectivity index (χ2v) is 7.49. The van der Waals surface area contributed by atoms with Crippen molar-refractivity contribution in [2.24, 2.45) is 0 Å². The SMILES string of the molecule is CN1CCN(CCn2ncc(-c3ccccc3)c2Nc2cnccc2C(=O)O)CC1. The lowest BCUT2D eigenvalue weighted by Crippen LogP contribution is -2.45. The van der Waals surface area contributed by atoms with Crippen LogP contribution in [0.15, 0.2) is 55.0 Å². The first-order valence-corrected chi connectivity index (χ1v) is 10.1. The van der Waals surface area contributed by atoms with Crippen molar-refractivity contribution in [2.45, 2.75) is 6.54 Å². The van der Waals surface area contributed by atoms with Gasteiger partial charge in [0.1, 0.15) is 5.82 Å². The number of nitrogens with zero attached hydrogens (tertiary/aromatic N) is 5. The minimum absolute atomic E-state index is 0.177. The molecule has 0 aliphatic carbocycles. The van der Waals surface area contributed by atoms with Crippen LogP contribution in [0.2, 0.25) is 0 Å². The fourth-order valence-corrected chi connectivity index (χ4v) is 3.63. The maximum absolute atomic E-state index is 11.6. The van der Waals surface area contributed by atoms with E-state index in [4.69, 9.17) is 0 Å². The van der Waals surface area contributed by atoms with E-state index in [0.29, 0.717) is 12.2 Å². The summed E-state index contributed by atoms with van der Waals surface area (Å²) in [6, 6.07) is 11.5. The minimum Gasteiger partial charge on any atom is -0.478 e. The first-order valence-electron chi connectivity index (χ1n) is 10.1. The van der Waals surface area contributed by atoms with Gasteiger partial charge >= 0.3 is 5.97 Å². The number of rotatable bonds is 7. The molecule has 4 rings (SSSR count). The highest BCUT2D eigenvalue weighted by atomic mass is 16.4. The summed E-state index contributed by atoms with van der Waals surface area (Å²) in [5.41, 5.74) is 2.57. The van der Waals surface area contributed by atoms with Crippen LogP contribution in [0.5, 0.6) is 0 Å². The third kappa shape index (κ3) is 4.50. The van der Waals surface area contributed by atoms with Crippen LogP contribution in [0.4, 0.5) is 11.5 Å². The Kier molecular flexibility index (Phi) is 6.06. The molecule has 0 atom stereocenters. The number of hydrogen-bond donors (Lipinski definition) is 2. The van der Waals surface area contributed by atoms with Crippen molar-refractivity contribution in [3.05, 3.63) is 60.6 Å². The van der Waals surface area contributed by atoms with Gasteiger partial charge in [-0.15, -0.1) is 0 Å². The molecule has 0 spiro atoms. The Hall–Kier alpha value is -3.23. The quantitative estimate of drug-likeness (QED) is 0.624. The molecule has 1 saturated heterocycles. The molecule has 0 radical (unpaired) electrons. The third-order valence-electron chi connectivity index (χ3n) is 5.45. The van der Waals surface area contributed by atoms with Gasteiger partial charge in [-0.25, -0.2) is 9.48 Å². The van der Waals surface area contributed by atoms with Crippen molar-refractivity contribution in [2.75, 3.05) is 45.1 Å². The van der Waals surface area contributed by atoms with Gasteiger partial charge in [0.25, 0.3) is 0 Å². The van der Waals surface area contributed by atoms with E-state index in [-0.39, 0.29) is 5.56 Å². The number of carboxylic acids is 1.